The van der Waals surface area contributed by atoms with Crippen molar-refractivity contribution in [2.24, 2.45) is 0 Å². The number of piperazine rings is 1. The summed E-state index contributed by atoms with van der Waals surface area (Å²) in [6.07, 6.45) is 4.90. The molecular formula is C30H45N5O4S. The second-order valence-corrected chi connectivity index (χ2v) is 13.6. The average molecular weight is 572 g/mol. The predicted octanol–water partition coefficient (Wildman–Crippen LogP) is 2.70. The van der Waals surface area contributed by atoms with Crippen LogP contribution >= 0.6 is 0 Å². The monoisotopic (exact) mass is 571 g/mol. The maximum atomic E-state index is 14.0. The number of ether oxygens (including phenoxy) is 1. The highest BCUT2D eigenvalue weighted by Crippen LogP contribution is 2.34. The first-order chi connectivity index (χ1) is 19.3. The molecule has 2 aromatic carbocycles. The van der Waals surface area contributed by atoms with Gasteiger partial charge in [0.25, 0.3) is 0 Å². The van der Waals surface area contributed by atoms with Crippen LogP contribution in [-0.4, -0.2) is 126 Å². The number of likely N-dealkylation sites (tertiary alicyclic amines) is 1. The molecule has 1 atom stereocenters. The fourth-order valence-electron chi connectivity index (χ4n) is 6.53. The van der Waals surface area contributed by atoms with E-state index >= 15 is 0 Å². The number of rotatable bonds is 8. The quantitative estimate of drug-likeness (QED) is 0.482. The van der Waals surface area contributed by atoms with Gasteiger partial charge in [0.05, 0.1) is 11.5 Å². The molecule has 3 aliphatic rings. The summed E-state index contributed by atoms with van der Waals surface area (Å²) in [7, 11) is 2.37. The number of carbonyl (C=O) groups excluding carboxylic acids is 1. The van der Waals surface area contributed by atoms with E-state index in [4.69, 9.17) is 4.74 Å². The van der Waals surface area contributed by atoms with Crippen LogP contribution < -0.4 is 4.90 Å². The van der Waals surface area contributed by atoms with Crippen LogP contribution in [0.25, 0.3) is 10.8 Å². The van der Waals surface area contributed by atoms with Crippen LogP contribution in [-0.2, 0) is 19.6 Å². The summed E-state index contributed by atoms with van der Waals surface area (Å²) in [5.74, 6) is -0.00138. The summed E-state index contributed by atoms with van der Waals surface area (Å²) < 4.78 is 35.5. The Balaban J connectivity index is 1.19. The third kappa shape index (κ3) is 6.31. The molecule has 2 aromatic rings. The van der Waals surface area contributed by atoms with Gasteiger partial charge in [-0.05, 0) is 58.0 Å². The molecule has 9 nitrogen and oxygen atoms in total. The van der Waals surface area contributed by atoms with Crippen molar-refractivity contribution in [1.29, 1.82) is 0 Å². The molecule has 5 rings (SSSR count). The number of benzene rings is 2. The largest absolute Gasteiger partial charge is 0.377 e. The standard InChI is InChI=1S/C30H45N5O4S/c1-31(2)28-11-6-10-27-26(28)9-7-12-29(27)40(37,38)35-15-5-4-8-25(35)22-39-23-30(36)34-20-18-33(19-21-34)24-13-16-32(3)17-14-24/h6-7,9-12,24-25H,4-5,8,13-23H2,1-3H3. The zero-order chi connectivity index (χ0) is 28.3. The lowest BCUT2D eigenvalue weighted by atomic mass is 10.0. The Morgan fingerprint density at radius 3 is 2.33 bits per heavy atom. The van der Waals surface area contributed by atoms with Gasteiger partial charge < -0.3 is 19.4 Å². The van der Waals surface area contributed by atoms with E-state index in [1.165, 1.54) is 12.8 Å². The third-order valence-electron chi connectivity index (χ3n) is 8.91. The Morgan fingerprint density at radius 2 is 1.60 bits per heavy atom. The van der Waals surface area contributed by atoms with Crippen LogP contribution in [0.3, 0.4) is 0 Å². The van der Waals surface area contributed by atoms with E-state index in [1.54, 1.807) is 10.4 Å². The maximum Gasteiger partial charge on any atom is 0.248 e. The van der Waals surface area contributed by atoms with Crippen molar-refractivity contribution < 1.29 is 17.9 Å². The molecule has 10 heteroatoms. The Bertz CT molecular complexity index is 1270. The van der Waals surface area contributed by atoms with Gasteiger partial charge in [-0.2, -0.15) is 4.31 Å². The van der Waals surface area contributed by atoms with Crippen molar-refractivity contribution in [2.75, 3.05) is 85.1 Å². The molecule has 220 valence electrons. The topological polar surface area (TPSA) is 76.6 Å². The average Bonchev–Trinajstić information content (AvgIpc) is 2.97. The highest BCUT2D eigenvalue weighted by atomic mass is 32.2. The van der Waals surface area contributed by atoms with E-state index in [0.29, 0.717) is 17.5 Å². The second kappa shape index (κ2) is 12.7. The van der Waals surface area contributed by atoms with Crippen molar-refractivity contribution in [1.82, 2.24) is 19.0 Å². The molecule has 3 saturated heterocycles. The molecule has 0 spiro atoms. The van der Waals surface area contributed by atoms with Crippen LogP contribution in [0, 0.1) is 0 Å². The minimum atomic E-state index is -3.74. The summed E-state index contributed by atoms with van der Waals surface area (Å²) in [5.41, 5.74) is 0.985. The number of nitrogens with zero attached hydrogens (tertiary/aromatic N) is 5. The lowest BCUT2D eigenvalue weighted by Gasteiger charge is -2.42. The summed E-state index contributed by atoms with van der Waals surface area (Å²) in [5, 5.41) is 1.65. The Labute approximate surface area is 239 Å². The van der Waals surface area contributed by atoms with E-state index in [-0.39, 0.29) is 25.2 Å². The van der Waals surface area contributed by atoms with Crippen LogP contribution in [0.15, 0.2) is 41.3 Å². The summed E-state index contributed by atoms with van der Waals surface area (Å²) >= 11 is 0. The highest BCUT2D eigenvalue weighted by molar-refractivity contribution is 7.89. The number of piperidine rings is 2. The molecule has 3 fully saturated rings. The lowest BCUT2D eigenvalue weighted by molar-refractivity contribution is -0.138. The van der Waals surface area contributed by atoms with Gasteiger partial charge in [0.2, 0.25) is 15.9 Å². The number of anilines is 1. The summed E-state index contributed by atoms with van der Waals surface area (Å²) in [4.78, 5) is 22.1. The summed E-state index contributed by atoms with van der Waals surface area (Å²) in [6, 6.07) is 11.6. The number of amides is 1. The second-order valence-electron chi connectivity index (χ2n) is 11.8. The van der Waals surface area contributed by atoms with Crippen LogP contribution in [0.5, 0.6) is 0 Å². The number of fused-ring (bicyclic) bond motifs is 1. The molecule has 0 saturated carbocycles. The van der Waals surface area contributed by atoms with Crippen LogP contribution in [0.1, 0.15) is 32.1 Å². The third-order valence-corrected chi connectivity index (χ3v) is 10.9. The normalized spacial score (nSPS) is 22.6. The molecule has 1 amide bonds. The van der Waals surface area contributed by atoms with Gasteiger partial charge in [-0.3, -0.25) is 9.69 Å². The Morgan fingerprint density at radius 1 is 0.900 bits per heavy atom. The van der Waals surface area contributed by atoms with Crippen molar-refractivity contribution in [2.45, 2.75) is 49.1 Å². The van der Waals surface area contributed by atoms with Gasteiger partial charge in [-0.25, -0.2) is 8.42 Å². The zero-order valence-corrected chi connectivity index (χ0v) is 25.1. The van der Waals surface area contributed by atoms with Gasteiger partial charge in [-0.15, -0.1) is 0 Å². The highest BCUT2D eigenvalue weighted by Gasteiger charge is 2.35. The zero-order valence-electron chi connectivity index (χ0n) is 24.3. The smallest absolute Gasteiger partial charge is 0.248 e. The fraction of sp³-hybridized carbons (Fsp3) is 0.633. The van der Waals surface area contributed by atoms with Crippen molar-refractivity contribution in [3.63, 3.8) is 0 Å². The molecule has 3 aliphatic heterocycles. The fourth-order valence-corrected chi connectivity index (χ4v) is 8.42. The minimum absolute atomic E-state index is 0.000919. The van der Waals surface area contributed by atoms with E-state index in [2.05, 4.69) is 16.8 Å². The number of hydrogen-bond donors (Lipinski definition) is 0. The molecule has 3 heterocycles. The molecule has 1 unspecified atom stereocenters. The predicted molar refractivity (Wildman–Crippen MR) is 159 cm³/mol. The Hall–Kier alpha value is -2.24. The van der Waals surface area contributed by atoms with Gasteiger partial charge in [0.1, 0.15) is 6.61 Å². The van der Waals surface area contributed by atoms with Crippen LogP contribution in [0.4, 0.5) is 5.69 Å². The van der Waals surface area contributed by atoms with E-state index in [0.717, 1.165) is 75.0 Å². The van der Waals surface area contributed by atoms with Crippen molar-refractivity contribution >= 4 is 32.4 Å². The first-order valence-corrected chi connectivity index (χ1v) is 16.2. The van der Waals surface area contributed by atoms with E-state index < -0.39 is 10.0 Å². The first-order valence-electron chi connectivity index (χ1n) is 14.7. The number of hydrogen-bond acceptors (Lipinski definition) is 7. The van der Waals surface area contributed by atoms with Crippen molar-refractivity contribution in [3.05, 3.63) is 36.4 Å². The molecule has 0 aromatic heterocycles. The van der Waals surface area contributed by atoms with Crippen molar-refractivity contribution in [3.8, 4) is 0 Å². The lowest BCUT2D eigenvalue weighted by Crippen LogP contribution is -2.54. The van der Waals surface area contributed by atoms with Gasteiger partial charge in [0.15, 0.2) is 0 Å². The van der Waals surface area contributed by atoms with Crippen LogP contribution in [0.2, 0.25) is 0 Å². The van der Waals surface area contributed by atoms with Gasteiger partial charge >= 0.3 is 0 Å². The molecule has 0 bridgehead atoms. The molecular weight excluding hydrogens is 526 g/mol. The molecule has 40 heavy (non-hydrogen) atoms. The molecule has 0 aliphatic carbocycles. The van der Waals surface area contributed by atoms with Gasteiger partial charge in [0, 0.05) is 75.4 Å². The van der Waals surface area contributed by atoms with Gasteiger partial charge in [-0.1, -0.05) is 30.7 Å². The summed E-state index contributed by atoms with van der Waals surface area (Å²) in [6.45, 7) is 6.26. The van der Waals surface area contributed by atoms with E-state index in [1.807, 2.05) is 54.2 Å². The maximum absolute atomic E-state index is 14.0. The molecule has 0 N–H and O–H groups in total. The molecule has 0 radical (unpaired) electrons. The first kappa shape index (κ1) is 29.3. The SMILES string of the molecule is CN1CCC(N2CCN(C(=O)COCC3CCCCN3S(=O)(=O)c3cccc4c(N(C)C)cccc34)CC2)CC1. The number of carbonyl (C=O) groups is 1. The Kier molecular flexibility index (Phi) is 9.31. The van der Waals surface area contributed by atoms with E-state index in [9.17, 15) is 13.2 Å². The number of sulfonamides is 1. The minimum Gasteiger partial charge on any atom is -0.377 e.